The van der Waals surface area contributed by atoms with E-state index in [0.717, 1.165) is 32.9 Å². The van der Waals surface area contributed by atoms with Gasteiger partial charge in [-0.25, -0.2) is 4.98 Å². The van der Waals surface area contributed by atoms with Crippen molar-refractivity contribution in [3.05, 3.63) is 65.4 Å². The van der Waals surface area contributed by atoms with Gasteiger partial charge < -0.3 is 20.5 Å². The summed E-state index contributed by atoms with van der Waals surface area (Å²) in [5.41, 5.74) is 3.54. The largest absolute Gasteiger partial charge is 0.488 e. The van der Waals surface area contributed by atoms with Crippen LogP contribution >= 0.6 is 11.3 Å². The third-order valence-corrected chi connectivity index (χ3v) is 7.02. The Labute approximate surface area is 223 Å². The molecule has 0 aliphatic heterocycles. The minimum Gasteiger partial charge on any atom is -0.488 e. The van der Waals surface area contributed by atoms with Gasteiger partial charge in [-0.05, 0) is 47.9 Å². The Kier molecular flexibility index (Phi) is 9.45. The first-order valence-electron chi connectivity index (χ1n) is 12.5. The molecule has 0 bridgehead atoms. The maximum absolute atomic E-state index is 13.0. The molecular weight excluding hydrogens is 486 g/mol. The molecule has 8 heteroatoms. The van der Waals surface area contributed by atoms with Crippen LogP contribution in [-0.2, 0) is 16.2 Å². The van der Waals surface area contributed by atoms with Gasteiger partial charge >= 0.3 is 0 Å². The summed E-state index contributed by atoms with van der Waals surface area (Å²) in [6, 6.07) is 13.3. The average Bonchev–Trinajstić information content (AvgIpc) is 3.30. The van der Waals surface area contributed by atoms with Crippen molar-refractivity contribution in [2.45, 2.75) is 73.1 Å². The quantitative estimate of drug-likeness (QED) is 0.319. The number of hydrogen-bond donors (Lipinski definition) is 3. The Morgan fingerprint density at radius 2 is 1.73 bits per heavy atom. The van der Waals surface area contributed by atoms with E-state index in [0.29, 0.717) is 24.6 Å². The molecule has 2 amide bonds. The van der Waals surface area contributed by atoms with E-state index in [1.807, 2.05) is 63.2 Å². The molecule has 0 spiro atoms. The summed E-state index contributed by atoms with van der Waals surface area (Å²) in [5.74, 6) is -0.0299. The molecule has 198 valence electrons. The molecule has 2 atom stereocenters. The predicted molar refractivity (Wildman–Crippen MR) is 149 cm³/mol. The predicted octanol–water partition coefficient (Wildman–Crippen LogP) is 5.64. The van der Waals surface area contributed by atoms with E-state index in [2.05, 4.69) is 15.6 Å². The number of thiazole rings is 1. The topological polar surface area (TPSA) is 101 Å². The summed E-state index contributed by atoms with van der Waals surface area (Å²) in [7, 11) is 0. The van der Waals surface area contributed by atoms with Gasteiger partial charge in [0.2, 0.25) is 11.8 Å². The van der Waals surface area contributed by atoms with Crippen LogP contribution in [0, 0.1) is 19.3 Å². The van der Waals surface area contributed by atoms with Gasteiger partial charge in [-0.15, -0.1) is 0 Å². The molecule has 0 saturated heterocycles. The van der Waals surface area contributed by atoms with Crippen LogP contribution < -0.4 is 15.4 Å². The van der Waals surface area contributed by atoms with Crippen LogP contribution in [0.1, 0.15) is 57.2 Å². The van der Waals surface area contributed by atoms with Crippen LogP contribution in [0.15, 0.2) is 48.7 Å². The molecule has 3 aromatic rings. The van der Waals surface area contributed by atoms with Gasteiger partial charge in [-0.3, -0.25) is 9.59 Å². The van der Waals surface area contributed by atoms with Crippen molar-refractivity contribution >= 4 is 28.3 Å². The number of nitrogens with zero attached hydrogens (tertiary/aromatic N) is 1. The first-order valence-corrected chi connectivity index (χ1v) is 13.3. The number of nitrogens with one attached hydrogen (secondary N) is 2. The van der Waals surface area contributed by atoms with Gasteiger partial charge in [0.1, 0.15) is 24.5 Å². The normalized spacial score (nSPS) is 13.1. The number of amides is 2. The van der Waals surface area contributed by atoms with E-state index in [4.69, 9.17) is 4.74 Å². The van der Waals surface area contributed by atoms with Crippen molar-refractivity contribution in [1.29, 1.82) is 0 Å². The Morgan fingerprint density at radius 1 is 1.05 bits per heavy atom. The van der Waals surface area contributed by atoms with E-state index >= 15 is 0 Å². The molecule has 1 unspecified atom stereocenters. The maximum Gasteiger partial charge on any atom is 0.250 e. The summed E-state index contributed by atoms with van der Waals surface area (Å²) < 4.78 is 6.18. The molecule has 0 fully saturated rings. The SMILES string of the molecule is CCCC(NC(=O)[C@@H](O)C(C)(C)C)C(=O)Nc1ncc(-c2ccccc2COc2c(C)cccc2C)s1. The van der Waals surface area contributed by atoms with Crippen molar-refractivity contribution in [3.8, 4) is 16.2 Å². The second kappa shape index (κ2) is 12.3. The van der Waals surface area contributed by atoms with Crippen LogP contribution in [0.2, 0.25) is 0 Å². The molecule has 7 nitrogen and oxygen atoms in total. The van der Waals surface area contributed by atoms with Gasteiger partial charge in [0.15, 0.2) is 5.13 Å². The lowest BCUT2D eigenvalue weighted by atomic mass is 9.88. The number of carbonyl (C=O) groups is 2. The zero-order chi connectivity index (χ0) is 27.2. The highest BCUT2D eigenvalue weighted by Crippen LogP contribution is 2.33. The molecule has 0 radical (unpaired) electrons. The molecule has 2 aromatic carbocycles. The number of aliphatic hydroxyl groups is 1. The van der Waals surface area contributed by atoms with E-state index in [-0.39, 0.29) is 5.91 Å². The molecule has 1 heterocycles. The zero-order valence-electron chi connectivity index (χ0n) is 22.4. The third kappa shape index (κ3) is 7.40. The Balaban J connectivity index is 1.72. The second-order valence-corrected chi connectivity index (χ2v) is 11.3. The minimum absolute atomic E-state index is 0.358. The fraction of sp³-hybridized carbons (Fsp3) is 0.414. The van der Waals surface area contributed by atoms with Crippen LogP contribution in [0.5, 0.6) is 5.75 Å². The Bertz CT molecular complexity index is 1210. The van der Waals surface area contributed by atoms with Crippen LogP contribution in [0.4, 0.5) is 5.13 Å². The van der Waals surface area contributed by atoms with Gasteiger partial charge in [-0.2, -0.15) is 0 Å². The second-order valence-electron chi connectivity index (χ2n) is 10.3. The Morgan fingerprint density at radius 3 is 2.38 bits per heavy atom. The van der Waals surface area contributed by atoms with Gasteiger partial charge in [0.25, 0.3) is 0 Å². The average molecular weight is 524 g/mol. The molecule has 0 saturated carbocycles. The lowest BCUT2D eigenvalue weighted by Crippen LogP contribution is -2.50. The molecule has 1 aromatic heterocycles. The summed E-state index contributed by atoms with van der Waals surface area (Å²) >= 11 is 1.36. The number of hydrogen-bond acceptors (Lipinski definition) is 6. The van der Waals surface area contributed by atoms with Crippen molar-refractivity contribution in [2.75, 3.05) is 5.32 Å². The van der Waals surface area contributed by atoms with Crippen LogP contribution in [0.25, 0.3) is 10.4 Å². The molecule has 3 N–H and O–H groups in total. The fourth-order valence-electron chi connectivity index (χ4n) is 3.91. The van der Waals surface area contributed by atoms with Crippen molar-refractivity contribution in [2.24, 2.45) is 5.41 Å². The van der Waals surface area contributed by atoms with Crippen molar-refractivity contribution in [3.63, 3.8) is 0 Å². The number of rotatable bonds is 10. The number of carbonyl (C=O) groups excluding carboxylic acids is 2. The number of aromatic nitrogens is 1. The molecule has 3 rings (SSSR count). The number of aryl methyl sites for hydroxylation is 2. The van der Waals surface area contributed by atoms with Crippen molar-refractivity contribution < 1.29 is 19.4 Å². The third-order valence-electron chi connectivity index (χ3n) is 6.08. The lowest BCUT2D eigenvalue weighted by molar-refractivity contribution is -0.137. The monoisotopic (exact) mass is 523 g/mol. The lowest BCUT2D eigenvalue weighted by Gasteiger charge is -2.26. The summed E-state index contributed by atoms with van der Waals surface area (Å²) in [6.07, 6.45) is 1.66. The number of para-hydroxylation sites is 1. The van der Waals surface area contributed by atoms with Gasteiger partial charge in [0.05, 0.1) is 4.88 Å². The fourth-order valence-corrected chi connectivity index (χ4v) is 4.79. The zero-order valence-corrected chi connectivity index (χ0v) is 23.2. The first kappa shape index (κ1) is 28.3. The van der Waals surface area contributed by atoms with Gasteiger partial charge in [0, 0.05) is 6.20 Å². The number of benzene rings is 2. The summed E-state index contributed by atoms with van der Waals surface area (Å²) in [4.78, 5) is 30.8. The summed E-state index contributed by atoms with van der Waals surface area (Å²) in [5, 5.41) is 16.2. The minimum atomic E-state index is -1.21. The van der Waals surface area contributed by atoms with E-state index in [1.165, 1.54) is 11.3 Å². The van der Waals surface area contributed by atoms with Crippen molar-refractivity contribution in [1.82, 2.24) is 10.3 Å². The highest BCUT2D eigenvalue weighted by molar-refractivity contribution is 7.19. The first-order chi connectivity index (χ1) is 17.5. The maximum atomic E-state index is 13.0. The van der Waals surface area contributed by atoms with Crippen LogP contribution in [-0.4, -0.2) is 34.1 Å². The van der Waals surface area contributed by atoms with Gasteiger partial charge in [-0.1, -0.05) is 87.9 Å². The summed E-state index contributed by atoms with van der Waals surface area (Å²) in [6.45, 7) is 11.7. The standard InChI is InChI=1S/C29H37N3O4S/c1-7-11-22(31-27(35)25(33)29(4,5)6)26(34)32-28-30-16-23(37-28)21-15-9-8-14-20(21)17-36-24-18(2)12-10-13-19(24)3/h8-10,12-16,22,25,33H,7,11,17H2,1-6H3,(H,31,35)(H,30,32,34)/t22?,25-/m1/s1. The van der Waals surface area contributed by atoms with E-state index in [1.54, 1.807) is 27.0 Å². The van der Waals surface area contributed by atoms with Crippen LogP contribution in [0.3, 0.4) is 0 Å². The molecule has 0 aliphatic carbocycles. The smallest absolute Gasteiger partial charge is 0.250 e. The Hall–Kier alpha value is -3.23. The molecular formula is C29H37N3O4S. The molecule has 0 aliphatic rings. The number of ether oxygens (including phenoxy) is 1. The van der Waals surface area contributed by atoms with E-state index in [9.17, 15) is 14.7 Å². The highest BCUT2D eigenvalue weighted by Gasteiger charge is 2.32. The number of anilines is 1. The number of aliphatic hydroxyl groups excluding tert-OH is 1. The highest BCUT2D eigenvalue weighted by atomic mass is 32.1. The molecule has 37 heavy (non-hydrogen) atoms. The van der Waals surface area contributed by atoms with E-state index < -0.39 is 23.5 Å².